The summed E-state index contributed by atoms with van der Waals surface area (Å²) in [7, 11) is 2.06. The predicted octanol–water partition coefficient (Wildman–Crippen LogP) is 2.86. The Balaban J connectivity index is 1.70. The Morgan fingerprint density at radius 3 is 2.67 bits per heavy atom. The number of likely N-dealkylation sites (N-methyl/N-ethyl adjacent to an activating group) is 1. The Kier molecular flexibility index (Phi) is 4.28. The van der Waals surface area contributed by atoms with Gasteiger partial charge in [-0.15, -0.1) is 0 Å². The molecule has 1 saturated carbocycles. The van der Waals surface area contributed by atoms with Gasteiger partial charge in [-0.05, 0) is 45.0 Å². The Hall–Kier alpha value is -3.00. The summed E-state index contributed by atoms with van der Waals surface area (Å²) in [6.45, 7) is 4.42. The van der Waals surface area contributed by atoms with E-state index in [9.17, 15) is 19.1 Å². The molecular weight excluding hydrogens is 387 g/mol. The molecule has 1 aliphatic carbocycles. The van der Waals surface area contributed by atoms with Crippen molar-refractivity contribution in [3.8, 4) is 0 Å². The van der Waals surface area contributed by atoms with Crippen LogP contribution in [0.25, 0.3) is 21.9 Å². The molecule has 0 spiro atoms. The lowest BCUT2D eigenvalue weighted by molar-refractivity contribution is 0.0695. The largest absolute Gasteiger partial charge is 0.477 e. The van der Waals surface area contributed by atoms with Crippen LogP contribution in [0.1, 0.15) is 36.2 Å². The Morgan fingerprint density at radius 2 is 2.00 bits per heavy atom. The van der Waals surface area contributed by atoms with E-state index in [4.69, 9.17) is 4.98 Å². The van der Waals surface area contributed by atoms with E-state index in [1.807, 2.05) is 4.90 Å². The molecule has 1 atom stereocenters. The number of aromatic carboxylic acids is 1. The van der Waals surface area contributed by atoms with Crippen LogP contribution in [0.4, 0.5) is 10.1 Å². The monoisotopic (exact) mass is 410 g/mol. The molecule has 1 saturated heterocycles. The lowest BCUT2D eigenvalue weighted by Gasteiger charge is -2.39. The first-order valence-corrected chi connectivity index (χ1v) is 10.2. The molecule has 2 fully saturated rings. The molecule has 3 aromatic rings. The van der Waals surface area contributed by atoms with Crippen molar-refractivity contribution < 1.29 is 14.3 Å². The first-order valence-electron chi connectivity index (χ1n) is 10.2. The van der Waals surface area contributed by atoms with Gasteiger partial charge in [-0.1, -0.05) is 0 Å². The number of pyridine rings is 2. The molecule has 7 nitrogen and oxygen atoms in total. The second kappa shape index (κ2) is 6.77. The van der Waals surface area contributed by atoms with E-state index >= 15 is 0 Å². The number of anilines is 1. The van der Waals surface area contributed by atoms with E-state index < -0.39 is 11.4 Å². The predicted molar refractivity (Wildman–Crippen MR) is 113 cm³/mol. The summed E-state index contributed by atoms with van der Waals surface area (Å²) in [5.74, 6) is -1.63. The number of piperazine rings is 1. The van der Waals surface area contributed by atoms with Gasteiger partial charge in [0.1, 0.15) is 17.0 Å². The molecule has 3 heterocycles. The van der Waals surface area contributed by atoms with E-state index in [0.29, 0.717) is 28.3 Å². The van der Waals surface area contributed by atoms with Crippen LogP contribution < -0.4 is 10.3 Å². The van der Waals surface area contributed by atoms with Crippen molar-refractivity contribution in [3.05, 3.63) is 46.0 Å². The average molecular weight is 410 g/mol. The fourth-order valence-electron chi connectivity index (χ4n) is 4.23. The van der Waals surface area contributed by atoms with Crippen LogP contribution in [-0.2, 0) is 0 Å². The summed E-state index contributed by atoms with van der Waals surface area (Å²) < 4.78 is 16.8. The van der Waals surface area contributed by atoms with E-state index in [1.165, 1.54) is 12.3 Å². The SMILES string of the molecule is CC1CN(c2cc3nc4c(cc3cc2F)c(=O)c(C(=O)O)cn4C2CC2)CCN1C. The summed E-state index contributed by atoms with van der Waals surface area (Å²) in [6, 6.07) is 5.18. The fourth-order valence-corrected chi connectivity index (χ4v) is 4.23. The highest BCUT2D eigenvalue weighted by atomic mass is 19.1. The van der Waals surface area contributed by atoms with E-state index in [0.717, 1.165) is 32.5 Å². The van der Waals surface area contributed by atoms with Crippen LogP contribution in [0, 0.1) is 5.82 Å². The number of benzene rings is 1. The van der Waals surface area contributed by atoms with Gasteiger partial charge in [0, 0.05) is 43.3 Å². The third-order valence-electron chi connectivity index (χ3n) is 6.34. The molecule has 8 heteroatoms. The molecule has 0 radical (unpaired) electrons. The van der Waals surface area contributed by atoms with Crippen molar-refractivity contribution in [1.82, 2.24) is 14.5 Å². The summed E-state index contributed by atoms with van der Waals surface area (Å²) >= 11 is 0. The molecule has 2 aliphatic rings. The summed E-state index contributed by atoms with van der Waals surface area (Å²) in [4.78, 5) is 33.3. The number of hydrogen-bond acceptors (Lipinski definition) is 5. The topological polar surface area (TPSA) is 78.7 Å². The van der Waals surface area contributed by atoms with E-state index in [-0.39, 0.29) is 22.8 Å². The van der Waals surface area contributed by atoms with Gasteiger partial charge in [0.15, 0.2) is 0 Å². The number of fused-ring (bicyclic) bond motifs is 2. The molecule has 2 aromatic heterocycles. The fraction of sp³-hybridized carbons (Fsp3) is 0.409. The van der Waals surface area contributed by atoms with Crippen LogP contribution in [0.5, 0.6) is 0 Å². The smallest absolute Gasteiger partial charge is 0.341 e. The normalized spacial score (nSPS) is 20.2. The number of carbonyl (C=O) groups is 1. The van der Waals surface area contributed by atoms with E-state index in [1.54, 1.807) is 16.7 Å². The minimum Gasteiger partial charge on any atom is -0.477 e. The number of carboxylic acids is 1. The lowest BCUT2D eigenvalue weighted by Crippen LogP contribution is -2.50. The number of aromatic nitrogens is 2. The van der Waals surface area contributed by atoms with Crippen LogP contribution in [-0.4, -0.2) is 58.3 Å². The molecule has 5 rings (SSSR count). The molecule has 1 aromatic carbocycles. The van der Waals surface area contributed by atoms with Gasteiger partial charge < -0.3 is 19.5 Å². The highest BCUT2D eigenvalue weighted by Crippen LogP contribution is 2.37. The van der Waals surface area contributed by atoms with Gasteiger partial charge in [-0.25, -0.2) is 14.2 Å². The molecule has 30 heavy (non-hydrogen) atoms. The maximum Gasteiger partial charge on any atom is 0.341 e. The van der Waals surface area contributed by atoms with Gasteiger partial charge >= 0.3 is 5.97 Å². The van der Waals surface area contributed by atoms with Crippen molar-refractivity contribution in [2.24, 2.45) is 0 Å². The third kappa shape index (κ3) is 3.02. The molecule has 1 aliphatic heterocycles. The molecule has 156 valence electrons. The summed E-state index contributed by atoms with van der Waals surface area (Å²) in [5, 5.41) is 10.1. The highest BCUT2D eigenvalue weighted by Gasteiger charge is 2.28. The van der Waals surface area contributed by atoms with Crippen LogP contribution >= 0.6 is 0 Å². The minimum atomic E-state index is -1.26. The van der Waals surface area contributed by atoms with Gasteiger partial charge in [-0.3, -0.25) is 4.79 Å². The zero-order chi connectivity index (χ0) is 21.2. The number of halogens is 1. The summed E-state index contributed by atoms with van der Waals surface area (Å²) in [5.41, 5.74) is 0.712. The second-order valence-corrected chi connectivity index (χ2v) is 8.45. The van der Waals surface area contributed by atoms with Crippen LogP contribution in [0.15, 0.2) is 29.2 Å². The maximum atomic E-state index is 15.0. The molecule has 1 N–H and O–H groups in total. The van der Waals surface area contributed by atoms with Crippen molar-refractivity contribution >= 4 is 33.6 Å². The molecule has 0 amide bonds. The Labute approximate surface area is 172 Å². The Bertz CT molecular complexity index is 1250. The van der Waals surface area contributed by atoms with Gasteiger partial charge in [0.05, 0.1) is 16.6 Å². The zero-order valence-electron chi connectivity index (χ0n) is 16.9. The van der Waals surface area contributed by atoms with Crippen molar-refractivity contribution in [2.75, 3.05) is 31.6 Å². The number of nitrogens with zero attached hydrogens (tertiary/aromatic N) is 4. The first kappa shape index (κ1) is 19.0. The van der Waals surface area contributed by atoms with Crippen molar-refractivity contribution in [3.63, 3.8) is 0 Å². The maximum absolute atomic E-state index is 15.0. The first-order chi connectivity index (χ1) is 14.3. The van der Waals surface area contributed by atoms with Gasteiger partial charge in [-0.2, -0.15) is 0 Å². The average Bonchev–Trinajstić information content (AvgIpc) is 3.54. The molecule has 0 bridgehead atoms. The van der Waals surface area contributed by atoms with Crippen LogP contribution in [0.2, 0.25) is 0 Å². The standard InChI is InChI=1S/C22H23FN4O3/c1-12-10-26(6-5-25(12)2)19-9-18-13(8-17(19)23)7-15-20(28)16(22(29)30)11-27(14-3-4-14)21(15)24-18/h7-9,11-12,14H,3-6,10H2,1-2H3,(H,29,30). The Morgan fingerprint density at radius 1 is 1.23 bits per heavy atom. The molecular formula is C22H23FN4O3. The molecule has 1 unspecified atom stereocenters. The number of carboxylic acid groups (broad SMARTS) is 1. The minimum absolute atomic E-state index is 0.148. The zero-order valence-corrected chi connectivity index (χ0v) is 16.9. The third-order valence-corrected chi connectivity index (χ3v) is 6.34. The number of hydrogen-bond donors (Lipinski definition) is 1. The lowest BCUT2D eigenvalue weighted by atomic mass is 10.1. The van der Waals surface area contributed by atoms with Crippen molar-refractivity contribution in [2.45, 2.75) is 31.8 Å². The summed E-state index contributed by atoms with van der Waals surface area (Å²) in [6.07, 6.45) is 3.24. The van der Waals surface area contributed by atoms with Crippen LogP contribution in [0.3, 0.4) is 0 Å². The quantitative estimate of drug-likeness (QED) is 0.669. The van der Waals surface area contributed by atoms with Gasteiger partial charge in [0.25, 0.3) is 0 Å². The highest BCUT2D eigenvalue weighted by molar-refractivity contribution is 5.97. The number of rotatable bonds is 3. The van der Waals surface area contributed by atoms with Crippen molar-refractivity contribution in [1.29, 1.82) is 0 Å². The van der Waals surface area contributed by atoms with Gasteiger partial charge in [0.2, 0.25) is 5.43 Å². The van der Waals surface area contributed by atoms with E-state index in [2.05, 4.69) is 18.9 Å². The second-order valence-electron chi connectivity index (χ2n) is 8.45.